The van der Waals surface area contributed by atoms with Crippen LogP contribution < -0.4 is 21.1 Å². The van der Waals surface area contributed by atoms with Crippen molar-refractivity contribution in [1.82, 2.24) is 19.9 Å². The zero-order valence-corrected chi connectivity index (χ0v) is 24.5. The van der Waals surface area contributed by atoms with E-state index in [9.17, 15) is 9.59 Å². The fourth-order valence-electron chi connectivity index (χ4n) is 5.94. The van der Waals surface area contributed by atoms with Gasteiger partial charge in [0.25, 0.3) is 5.56 Å². The minimum atomic E-state index is -0.360. The monoisotopic (exact) mass is 570 g/mol. The number of furan rings is 1. The van der Waals surface area contributed by atoms with Crippen molar-refractivity contribution in [3.05, 3.63) is 75.6 Å². The van der Waals surface area contributed by atoms with Crippen LogP contribution >= 0.6 is 0 Å². The molecule has 2 N–H and O–H groups in total. The predicted octanol–water partition coefficient (Wildman–Crippen LogP) is 4.63. The summed E-state index contributed by atoms with van der Waals surface area (Å²) in [4.78, 5) is 38.6. The number of rotatable bonds is 8. The molecule has 0 bridgehead atoms. The Morgan fingerprint density at radius 1 is 1.14 bits per heavy atom. The highest BCUT2D eigenvalue weighted by Crippen LogP contribution is 2.31. The zero-order valence-electron chi connectivity index (χ0n) is 24.5. The summed E-state index contributed by atoms with van der Waals surface area (Å²) in [7, 11) is 0. The molecule has 0 unspecified atom stereocenters. The van der Waals surface area contributed by atoms with Crippen molar-refractivity contribution in [3.63, 3.8) is 0 Å². The van der Waals surface area contributed by atoms with Gasteiger partial charge in [-0.05, 0) is 55.7 Å². The van der Waals surface area contributed by atoms with Crippen molar-refractivity contribution in [3.8, 4) is 0 Å². The van der Waals surface area contributed by atoms with Crippen LogP contribution in [-0.4, -0.2) is 59.7 Å². The Labute approximate surface area is 245 Å². The number of piperazine rings is 1. The standard InChI is InChI=1S/C32H38N6O4/c1-20(2)28(39)26-17-24-18-34-32(35-25-4-5-27(21(3)16-25)37-11-9-33-10-12-37)36-30(24)38(31(26)40)19-23-8-15-42-29(23)22-6-13-41-14-7-22/h4-5,8,15-18,20,22,33H,6-7,9-14,19H2,1-3H3,(H,34,35,36). The van der Waals surface area contributed by atoms with Crippen molar-refractivity contribution in [2.45, 2.75) is 46.1 Å². The molecule has 0 saturated carbocycles. The SMILES string of the molecule is Cc1cc(Nc2ncc3cc(C(=O)C(C)C)c(=O)n(Cc4ccoc4C4CCOCC4)c3n2)ccc1N1CCNCC1. The van der Waals surface area contributed by atoms with Gasteiger partial charge in [-0.1, -0.05) is 13.8 Å². The van der Waals surface area contributed by atoms with Gasteiger partial charge in [-0.15, -0.1) is 0 Å². The molecular formula is C32H38N6O4. The number of fused-ring (bicyclic) bond motifs is 1. The number of nitrogens with zero attached hydrogens (tertiary/aromatic N) is 4. The molecule has 0 atom stereocenters. The summed E-state index contributed by atoms with van der Waals surface area (Å²) in [5.74, 6) is 0.959. The normalized spacial score (nSPS) is 16.3. The highest BCUT2D eigenvalue weighted by atomic mass is 16.5. The van der Waals surface area contributed by atoms with Crippen LogP contribution in [0.5, 0.6) is 0 Å². The molecule has 0 aliphatic carbocycles. The summed E-state index contributed by atoms with van der Waals surface area (Å²) in [6, 6.07) is 9.78. The highest BCUT2D eigenvalue weighted by molar-refractivity contribution is 5.99. The van der Waals surface area contributed by atoms with Gasteiger partial charge in [-0.2, -0.15) is 4.98 Å². The van der Waals surface area contributed by atoms with Gasteiger partial charge in [0, 0.05) is 79.7 Å². The van der Waals surface area contributed by atoms with Gasteiger partial charge >= 0.3 is 0 Å². The number of anilines is 3. The van der Waals surface area contributed by atoms with Crippen molar-refractivity contribution in [2.24, 2.45) is 5.92 Å². The number of hydrogen-bond acceptors (Lipinski definition) is 9. The molecule has 2 saturated heterocycles. The Kier molecular flexibility index (Phi) is 8.08. The molecule has 2 fully saturated rings. The Hall–Kier alpha value is -4.02. The maximum absolute atomic E-state index is 13.8. The number of ether oxygens (including phenoxy) is 1. The molecule has 3 aromatic heterocycles. The van der Waals surface area contributed by atoms with E-state index >= 15 is 0 Å². The third-order valence-corrected chi connectivity index (χ3v) is 8.23. The average molecular weight is 571 g/mol. The molecular weight excluding hydrogens is 532 g/mol. The van der Waals surface area contributed by atoms with E-state index in [-0.39, 0.29) is 35.3 Å². The lowest BCUT2D eigenvalue weighted by molar-refractivity contribution is 0.0804. The quantitative estimate of drug-likeness (QED) is 0.293. The summed E-state index contributed by atoms with van der Waals surface area (Å²) in [6.45, 7) is 11.2. The van der Waals surface area contributed by atoms with E-state index < -0.39 is 0 Å². The minimum Gasteiger partial charge on any atom is -0.469 e. The fraction of sp³-hybridized carbons (Fsp3) is 0.438. The second kappa shape index (κ2) is 12.1. The van der Waals surface area contributed by atoms with E-state index in [4.69, 9.17) is 14.1 Å². The van der Waals surface area contributed by atoms with E-state index in [1.165, 1.54) is 5.69 Å². The van der Waals surface area contributed by atoms with Crippen LogP contribution in [0.2, 0.25) is 0 Å². The molecule has 6 rings (SSSR count). The van der Waals surface area contributed by atoms with Crippen molar-refractivity contribution >= 4 is 34.1 Å². The van der Waals surface area contributed by atoms with Gasteiger partial charge in [-0.3, -0.25) is 14.2 Å². The van der Waals surface area contributed by atoms with E-state index in [0.717, 1.165) is 61.6 Å². The number of hydrogen-bond donors (Lipinski definition) is 2. The van der Waals surface area contributed by atoms with Crippen molar-refractivity contribution in [2.75, 3.05) is 49.6 Å². The smallest absolute Gasteiger partial charge is 0.263 e. The topological polar surface area (TPSA) is 115 Å². The number of aryl methyl sites for hydroxylation is 1. The second-order valence-electron chi connectivity index (χ2n) is 11.5. The first-order valence-electron chi connectivity index (χ1n) is 14.8. The molecule has 1 aromatic carbocycles. The van der Waals surface area contributed by atoms with Crippen LogP contribution in [0.15, 0.2) is 52.0 Å². The molecule has 2 aliphatic heterocycles. The third kappa shape index (κ3) is 5.69. The number of pyridine rings is 1. The Balaban J connectivity index is 1.36. The number of carbonyl (C=O) groups is 1. The van der Waals surface area contributed by atoms with Crippen LogP contribution in [0, 0.1) is 12.8 Å². The van der Waals surface area contributed by atoms with E-state index in [1.807, 2.05) is 12.1 Å². The van der Waals surface area contributed by atoms with E-state index in [1.54, 1.807) is 36.9 Å². The van der Waals surface area contributed by atoms with Gasteiger partial charge < -0.3 is 24.7 Å². The van der Waals surface area contributed by atoms with Gasteiger partial charge in [0.1, 0.15) is 11.4 Å². The van der Waals surface area contributed by atoms with E-state index in [2.05, 4.69) is 39.6 Å². The molecule has 5 heterocycles. The van der Waals surface area contributed by atoms with Gasteiger partial charge in [0.15, 0.2) is 5.78 Å². The van der Waals surface area contributed by atoms with Crippen molar-refractivity contribution < 1.29 is 13.9 Å². The first-order chi connectivity index (χ1) is 20.4. The molecule has 2 aliphatic rings. The lowest BCUT2D eigenvalue weighted by Gasteiger charge is -2.30. The third-order valence-electron chi connectivity index (χ3n) is 8.23. The molecule has 4 aromatic rings. The number of benzene rings is 1. The van der Waals surface area contributed by atoms with Crippen molar-refractivity contribution in [1.29, 1.82) is 0 Å². The first kappa shape index (κ1) is 28.1. The number of aromatic nitrogens is 3. The number of ketones is 1. The largest absolute Gasteiger partial charge is 0.469 e. The van der Waals surface area contributed by atoms with Crippen LogP contribution in [-0.2, 0) is 11.3 Å². The highest BCUT2D eigenvalue weighted by Gasteiger charge is 2.25. The summed E-state index contributed by atoms with van der Waals surface area (Å²) in [5, 5.41) is 7.35. The Morgan fingerprint density at radius 3 is 2.67 bits per heavy atom. The predicted molar refractivity (Wildman–Crippen MR) is 163 cm³/mol. The zero-order chi connectivity index (χ0) is 29.2. The van der Waals surface area contributed by atoms with Crippen LogP contribution in [0.1, 0.15) is 59.9 Å². The summed E-state index contributed by atoms with van der Waals surface area (Å²) >= 11 is 0. The van der Waals surface area contributed by atoms with Crippen LogP contribution in [0.25, 0.3) is 11.0 Å². The molecule has 0 spiro atoms. The molecule has 10 nitrogen and oxygen atoms in total. The molecule has 42 heavy (non-hydrogen) atoms. The number of carbonyl (C=O) groups excluding carboxylic acids is 1. The Morgan fingerprint density at radius 2 is 1.93 bits per heavy atom. The maximum Gasteiger partial charge on any atom is 0.263 e. The fourth-order valence-corrected chi connectivity index (χ4v) is 5.94. The first-order valence-corrected chi connectivity index (χ1v) is 14.8. The van der Waals surface area contributed by atoms with Gasteiger partial charge in [0.2, 0.25) is 5.95 Å². The summed E-state index contributed by atoms with van der Waals surface area (Å²) in [6.07, 6.45) is 5.08. The second-order valence-corrected chi connectivity index (χ2v) is 11.5. The minimum absolute atomic E-state index is 0.150. The molecule has 220 valence electrons. The van der Waals surface area contributed by atoms with Gasteiger partial charge in [0.05, 0.1) is 18.4 Å². The molecule has 0 amide bonds. The number of Topliss-reactive ketones (excluding diaryl/α,β-unsaturated/α-hetero) is 1. The lowest BCUT2D eigenvalue weighted by Crippen LogP contribution is -2.43. The van der Waals surface area contributed by atoms with E-state index in [0.29, 0.717) is 30.2 Å². The Bertz CT molecular complexity index is 1650. The molecule has 0 radical (unpaired) electrons. The maximum atomic E-state index is 13.8. The summed E-state index contributed by atoms with van der Waals surface area (Å²) in [5.41, 5.74) is 4.41. The molecule has 10 heteroatoms. The summed E-state index contributed by atoms with van der Waals surface area (Å²) < 4.78 is 13.0. The van der Waals surface area contributed by atoms with Gasteiger partial charge in [-0.25, -0.2) is 4.98 Å². The van der Waals surface area contributed by atoms with Crippen LogP contribution in [0.3, 0.4) is 0 Å². The van der Waals surface area contributed by atoms with Crippen LogP contribution in [0.4, 0.5) is 17.3 Å². The average Bonchev–Trinajstić information content (AvgIpc) is 3.47. The lowest BCUT2D eigenvalue weighted by atomic mass is 9.94. The number of nitrogens with one attached hydrogen (secondary N) is 2.